The Balaban J connectivity index is 1.37. The van der Waals surface area contributed by atoms with E-state index in [4.69, 9.17) is 4.74 Å². The number of nitrogens with zero attached hydrogens (tertiary/aromatic N) is 4. The summed E-state index contributed by atoms with van der Waals surface area (Å²) in [7, 11) is 0. The van der Waals surface area contributed by atoms with Gasteiger partial charge < -0.3 is 15.0 Å². The highest BCUT2D eigenvalue weighted by atomic mass is 32.2. The quantitative estimate of drug-likeness (QED) is 0.618. The van der Waals surface area contributed by atoms with Crippen molar-refractivity contribution in [1.29, 1.82) is 0 Å². The fourth-order valence-corrected chi connectivity index (χ4v) is 4.85. The number of ether oxygens (including phenoxy) is 1. The Morgan fingerprint density at radius 2 is 2.00 bits per heavy atom. The first-order valence-electron chi connectivity index (χ1n) is 11.1. The first-order valence-corrected chi connectivity index (χ1v) is 12.0. The second-order valence-electron chi connectivity index (χ2n) is 8.35. The Kier molecular flexibility index (Phi) is 7.45. The zero-order valence-electron chi connectivity index (χ0n) is 17.9. The van der Waals surface area contributed by atoms with E-state index < -0.39 is 0 Å². The van der Waals surface area contributed by atoms with Gasteiger partial charge in [-0.2, -0.15) is 0 Å². The van der Waals surface area contributed by atoms with Gasteiger partial charge in [-0.05, 0) is 55.9 Å². The molecule has 4 rings (SSSR count). The summed E-state index contributed by atoms with van der Waals surface area (Å²) < 4.78 is 21.0. The summed E-state index contributed by atoms with van der Waals surface area (Å²) in [5.41, 5.74) is 0.597. The third kappa shape index (κ3) is 5.98. The van der Waals surface area contributed by atoms with Crippen LogP contribution in [0.15, 0.2) is 29.4 Å². The lowest BCUT2D eigenvalue weighted by molar-refractivity contribution is -0.115. The average molecular weight is 448 g/mol. The van der Waals surface area contributed by atoms with Crippen molar-refractivity contribution < 1.29 is 13.9 Å². The van der Waals surface area contributed by atoms with E-state index in [0.29, 0.717) is 17.9 Å². The molecule has 1 aromatic heterocycles. The molecule has 2 saturated heterocycles. The van der Waals surface area contributed by atoms with Gasteiger partial charge in [0.25, 0.3) is 0 Å². The van der Waals surface area contributed by atoms with Gasteiger partial charge in [0.15, 0.2) is 5.16 Å². The van der Waals surface area contributed by atoms with Crippen molar-refractivity contribution in [3.05, 3.63) is 30.1 Å². The van der Waals surface area contributed by atoms with Gasteiger partial charge in [-0.3, -0.25) is 9.36 Å². The molecule has 2 aliphatic heterocycles. The number of amides is 1. The second-order valence-corrected chi connectivity index (χ2v) is 9.41. The number of rotatable bonds is 8. The number of hydrogen-bond acceptors (Lipinski definition) is 6. The minimum atomic E-state index is -0.321. The maximum Gasteiger partial charge on any atom is 0.228 e. The predicted molar refractivity (Wildman–Crippen MR) is 120 cm³/mol. The van der Waals surface area contributed by atoms with Crippen LogP contribution in [0.2, 0.25) is 0 Å². The van der Waals surface area contributed by atoms with Crippen molar-refractivity contribution in [2.45, 2.75) is 56.8 Å². The summed E-state index contributed by atoms with van der Waals surface area (Å²) in [6, 6.07) is 5.79. The average Bonchev–Trinajstić information content (AvgIpc) is 3.41. The number of benzene rings is 1. The van der Waals surface area contributed by atoms with E-state index in [2.05, 4.69) is 31.9 Å². The van der Waals surface area contributed by atoms with Crippen LogP contribution in [0, 0.1) is 11.7 Å². The van der Waals surface area contributed by atoms with Crippen LogP contribution >= 0.6 is 11.8 Å². The molecule has 0 spiro atoms. The predicted octanol–water partition coefficient (Wildman–Crippen LogP) is 3.95. The Bertz CT molecular complexity index is 861. The van der Waals surface area contributed by atoms with Gasteiger partial charge in [-0.15, -0.1) is 10.2 Å². The number of hydrogen-bond donors (Lipinski definition) is 1. The SMILES string of the molecule is CC1CCN(c2nnc(SCCC(=O)Nc3ccc(F)cc3)n2CC2CCCO2)CC1. The maximum atomic E-state index is 13.0. The molecular formula is C22H30FN5O2S. The number of thioether (sulfide) groups is 1. The molecule has 168 valence electrons. The summed E-state index contributed by atoms with van der Waals surface area (Å²) in [6.45, 7) is 5.85. The molecule has 1 amide bonds. The molecule has 3 heterocycles. The Morgan fingerprint density at radius 3 is 2.71 bits per heavy atom. The smallest absolute Gasteiger partial charge is 0.228 e. The normalized spacial score (nSPS) is 19.7. The number of anilines is 2. The molecule has 2 aromatic rings. The minimum absolute atomic E-state index is 0.102. The largest absolute Gasteiger partial charge is 0.376 e. The maximum absolute atomic E-state index is 13.0. The van der Waals surface area contributed by atoms with Crippen LogP contribution in [0.4, 0.5) is 16.0 Å². The van der Waals surface area contributed by atoms with Gasteiger partial charge in [-0.25, -0.2) is 4.39 Å². The Hall–Kier alpha value is -2.13. The van der Waals surface area contributed by atoms with E-state index in [1.54, 1.807) is 23.9 Å². The molecule has 1 unspecified atom stereocenters. The molecule has 0 radical (unpaired) electrons. The molecule has 2 aliphatic rings. The summed E-state index contributed by atoms with van der Waals surface area (Å²) in [5, 5.41) is 12.6. The van der Waals surface area contributed by atoms with Crippen LogP contribution in [-0.4, -0.2) is 52.2 Å². The lowest BCUT2D eigenvalue weighted by atomic mass is 10.00. The van der Waals surface area contributed by atoms with E-state index in [1.165, 1.54) is 25.0 Å². The van der Waals surface area contributed by atoms with E-state index in [9.17, 15) is 9.18 Å². The van der Waals surface area contributed by atoms with Crippen LogP contribution in [0.3, 0.4) is 0 Å². The van der Waals surface area contributed by atoms with Crippen LogP contribution in [0.25, 0.3) is 0 Å². The molecule has 0 saturated carbocycles. The highest BCUT2D eigenvalue weighted by molar-refractivity contribution is 7.99. The Morgan fingerprint density at radius 1 is 1.23 bits per heavy atom. The second kappa shape index (κ2) is 10.5. The number of aromatic nitrogens is 3. The number of nitrogens with one attached hydrogen (secondary N) is 1. The molecular weight excluding hydrogens is 417 g/mol. The minimum Gasteiger partial charge on any atom is -0.376 e. The number of carbonyl (C=O) groups excluding carboxylic acids is 1. The van der Waals surface area contributed by atoms with E-state index in [-0.39, 0.29) is 17.8 Å². The lowest BCUT2D eigenvalue weighted by Crippen LogP contribution is -2.35. The monoisotopic (exact) mass is 447 g/mol. The lowest BCUT2D eigenvalue weighted by Gasteiger charge is -2.31. The summed E-state index contributed by atoms with van der Waals surface area (Å²) >= 11 is 1.54. The molecule has 9 heteroatoms. The summed E-state index contributed by atoms with van der Waals surface area (Å²) in [6.07, 6.45) is 5.01. The van der Waals surface area contributed by atoms with Gasteiger partial charge in [0.2, 0.25) is 11.9 Å². The number of halogens is 1. The van der Waals surface area contributed by atoms with Gasteiger partial charge in [-0.1, -0.05) is 18.7 Å². The zero-order chi connectivity index (χ0) is 21.6. The molecule has 0 aliphatic carbocycles. The van der Waals surface area contributed by atoms with Crippen molar-refractivity contribution in [1.82, 2.24) is 14.8 Å². The van der Waals surface area contributed by atoms with E-state index in [1.807, 2.05) is 0 Å². The standard InChI is InChI=1S/C22H30FN5O2S/c1-16-8-11-27(12-9-16)21-25-26-22(28(21)15-19-3-2-13-30-19)31-14-10-20(29)24-18-6-4-17(23)5-7-18/h4-7,16,19H,2-3,8-15H2,1H3,(H,24,29). The summed E-state index contributed by atoms with van der Waals surface area (Å²) in [5.74, 6) is 1.83. The highest BCUT2D eigenvalue weighted by Crippen LogP contribution is 2.28. The molecule has 2 fully saturated rings. The van der Waals surface area contributed by atoms with E-state index in [0.717, 1.165) is 56.1 Å². The van der Waals surface area contributed by atoms with Crippen molar-refractivity contribution in [3.63, 3.8) is 0 Å². The van der Waals surface area contributed by atoms with Gasteiger partial charge >= 0.3 is 0 Å². The molecule has 1 atom stereocenters. The van der Waals surface area contributed by atoms with Gasteiger partial charge in [0.05, 0.1) is 12.6 Å². The van der Waals surface area contributed by atoms with Crippen molar-refractivity contribution in [2.75, 3.05) is 35.7 Å². The third-order valence-electron chi connectivity index (χ3n) is 5.86. The first-order chi connectivity index (χ1) is 15.1. The molecule has 0 bridgehead atoms. The zero-order valence-corrected chi connectivity index (χ0v) is 18.7. The first kappa shape index (κ1) is 22.1. The fraction of sp³-hybridized carbons (Fsp3) is 0.591. The van der Waals surface area contributed by atoms with Crippen LogP contribution < -0.4 is 10.2 Å². The fourth-order valence-electron chi connectivity index (χ4n) is 3.97. The molecule has 31 heavy (non-hydrogen) atoms. The molecule has 1 aromatic carbocycles. The van der Waals surface area contributed by atoms with E-state index >= 15 is 0 Å². The third-order valence-corrected chi connectivity index (χ3v) is 6.83. The molecule has 1 N–H and O–H groups in total. The van der Waals surface area contributed by atoms with Crippen LogP contribution in [-0.2, 0) is 16.1 Å². The van der Waals surface area contributed by atoms with Crippen molar-refractivity contribution in [2.24, 2.45) is 5.92 Å². The molecule has 7 nitrogen and oxygen atoms in total. The van der Waals surface area contributed by atoms with Gasteiger partial charge in [0, 0.05) is 37.6 Å². The number of carbonyl (C=O) groups is 1. The van der Waals surface area contributed by atoms with Crippen LogP contribution in [0.5, 0.6) is 0 Å². The number of piperidine rings is 1. The Labute approximate surface area is 186 Å². The summed E-state index contributed by atoms with van der Waals surface area (Å²) in [4.78, 5) is 14.6. The van der Waals surface area contributed by atoms with Crippen molar-refractivity contribution >= 4 is 29.3 Å². The van der Waals surface area contributed by atoms with Crippen molar-refractivity contribution in [3.8, 4) is 0 Å². The van der Waals surface area contributed by atoms with Crippen LogP contribution in [0.1, 0.15) is 39.0 Å². The topological polar surface area (TPSA) is 72.3 Å². The van der Waals surface area contributed by atoms with Gasteiger partial charge in [0.1, 0.15) is 5.82 Å². The highest BCUT2D eigenvalue weighted by Gasteiger charge is 2.26.